The quantitative estimate of drug-likeness (QED) is 0.800. The number of nitrogens with zero attached hydrogens (tertiary/aromatic N) is 1. The summed E-state index contributed by atoms with van der Waals surface area (Å²) in [6.45, 7) is 3.25. The van der Waals surface area contributed by atoms with Gasteiger partial charge in [0.2, 0.25) is 0 Å². The highest BCUT2D eigenvalue weighted by Crippen LogP contribution is 2.37. The van der Waals surface area contributed by atoms with Crippen LogP contribution in [0.4, 0.5) is 5.13 Å². The lowest BCUT2D eigenvalue weighted by Crippen LogP contribution is -2.04. The number of hydrogen-bond donors (Lipinski definition) is 2. The van der Waals surface area contributed by atoms with Gasteiger partial charge in [-0.25, -0.2) is 4.98 Å². The van der Waals surface area contributed by atoms with Crippen molar-refractivity contribution in [3.63, 3.8) is 0 Å². The molecule has 1 fully saturated rings. The van der Waals surface area contributed by atoms with Crippen LogP contribution in [0.25, 0.3) is 0 Å². The predicted molar refractivity (Wildman–Crippen MR) is 63.8 cm³/mol. The van der Waals surface area contributed by atoms with Crippen molar-refractivity contribution in [2.75, 3.05) is 11.9 Å². The van der Waals surface area contributed by atoms with Gasteiger partial charge in [0.25, 0.3) is 0 Å². The zero-order chi connectivity index (χ0) is 11.5. The SMILES string of the molecule is CC1CC1CNc1nc(CCC(=O)O)cs1. The second kappa shape index (κ2) is 4.82. The summed E-state index contributed by atoms with van der Waals surface area (Å²) < 4.78 is 0. The van der Waals surface area contributed by atoms with Gasteiger partial charge in [-0.3, -0.25) is 4.79 Å². The number of thiazole rings is 1. The summed E-state index contributed by atoms with van der Waals surface area (Å²) in [4.78, 5) is 14.7. The Kier molecular flexibility index (Phi) is 3.43. The Morgan fingerprint density at radius 2 is 2.50 bits per heavy atom. The number of aryl methyl sites for hydroxylation is 1. The summed E-state index contributed by atoms with van der Waals surface area (Å²) in [5.74, 6) is 0.875. The molecule has 5 heteroatoms. The van der Waals surface area contributed by atoms with Crippen LogP contribution < -0.4 is 5.32 Å². The van der Waals surface area contributed by atoms with E-state index in [2.05, 4.69) is 17.2 Å². The van der Waals surface area contributed by atoms with Gasteiger partial charge in [0.05, 0.1) is 12.1 Å². The van der Waals surface area contributed by atoms with Gasteiger partial charge in [0, 0.05) is 18.3 Å². The minimum atomic E-state index is -0.769. The molecule has 2 unspecified atom stereocenters. The van der Waals surface area contributed by atoms with Crippen LogP contribution in [0.3, 0.4) is 0 Å². The molecule has 0 bridgehead atoms. The normalized spacial score (nSPS) is 23.1. The molecular weight excluding hydrogens is 224 g/mol. The number of rotatable bonds is 6. The first-order chi connectivity index (χ1) is 7.65. The van der Waals surface area contributed by atoms with Crippen molar-refractivity contribution >= 4 is 22.4 Å². The number of carbonyl (C=O) groups is 1. The van der Waals surface area contributed by atoms with Crippen LogP contribution in [0.1, 0.15) is 25.5 Å². The van der Waals surface area contributed by atoms with E-state index in [4.69, 9.17) is 5.11 Å². The lowest BCUT2D eigenvalue weighted by molar-refractivity contribution is -0.136. The first-order valence-electron chi connectivity index (χ1n) is 5.55. The Hall–Kier alpha value is -1.10. The van der Waals surface area contributed by atoms with E-state index in [1.54, 1.807) is 11.3 Å². The summed E-state index contributed by atoms with van der Waals surface area (Å²) in [6.07, 6.45) is 1.99. The van der Waals surface area contributed by atoms with Gasteiger partial charge in [0.1, 0.15) is 0 Å². The summed E-state index contributed by atoms with van der Waals surface area (Å²) in [5, 5.41) is 14.7. The van der Waals surface area contributed by atoms with Gasteiger partial charge in [-0.2, -0.15) is 0 Å². The molecule has 1 heterocycles. The number of nitrogens with one attached hydrogen (secondary N) is 1. The molecule has 0 amide bonds. The Morgan fingerprint density at radius 3 is 3.12 bits per heavy atom. The minimum Gasteiger partial charge on any atom is -0.481 e. The highest BCUT2D eigenvalue weighted by atomic mass is 32.1. The lowest BCUT2D eigenvalue weighted by Gasteiger charge is -1.99. The monoisotopic (exact) mass is 240 g/mol. The van der Waals surface area contributed by atoms with Crippen molar-refractivity contribution in [2.45, 2.75) is 26.2 Å². The summed E-state index contributed by atoms with van der Waals surface area (Å²) in [7, 11) is 0. The van der Waals surface area contributed by atoms with E-state index in [0.717, 1.165) is 29.2 Å². The smallest absolute Gasteiger partial charge is 0.303 e. The van der Waals surface area contributed by atoms with Crippen LogP contribution in [-0.2, 0) is 11.2 Å². The fraction of sp³-hybridized carbons (Fsp3) is 0.636. The summed E-state index contributed by atoms with van der Waals surface area (Å²) >= 11 is 1.56. The highest BCUT2D eigenvalue weighted by Gasteiger charge is 2.31. The number of carboxylic acid groups (broad SMARTS) is 1. The average molecular weight is 240 g/mol. The molecule has 1 aliphatic rings. The van der Waals surface area contributed by atoms with E-state index in [1.807, 2.05) is 5.38 Å². The first-order valence-corrected chi connectivity index (χ1v) is 6.43. The Bertz CT molecular complexity index is 378. The zero-order valence-corrected chi connectivity index (χ0v) is 10.1. The van der Waals surface area contributed by atoms with Crippen LogP contribution in [0, 0.1) is 11.8 Å². The minimum absolute atomic E-state index is 0.156. The molecule has 1 aromatic heterocycles. The average Bonchev–Trinajstić information content (AvgIpc) is 2.77. The predicted octanol–water partition coefficient (Wildman–Crippen LogP) is 2.23. The topological polar surface area (TPSA) is 62.2 Å². The van der Waals surface area contributed by atoms with Crippen LogP contribution in [0.15, 0.2) is 5.38 Å². The number of carboxylic acids is 1. The van der Waals surface area contributed by atoms with Crippen molar-refractivity contribution < 1.29 is 9.90 Å². The third-order valence-corrected chi connectivity index (χ3v) is 3.79. The zero-order valence-electron chi connectivity index (χ0n) is 9.27. The molecule has 1 aliphatic carbocycles. The molecule has 0 spiro atoms. The molecule has 0 radical (unpaired) electrons. The lowest BCUT2D eigenvalue weighted by atomic mass is 10.2. The molecule has 0 saturated heterocycles. The molecule has 0 aromatic carbocycles. The van der Waals surface area contributed by atoms with Gasteiger partial charge in [-0.1, -0.05) is 6.92 Å². The van der Waals surface area contributed by atoms with Gasteiger partial charge >= 0.3 is 5.97 Å². The standard InChI is InChI=1S/C11H16N2O2S/c1-7-4-8(7)5-12-11-13-9(6-16-11)2-3-10(14)15/h6-8H,2-5H2,1H3,(H,12,13)(H,14,15). The van der Waals surface area contributed by atoms with Gasteiger partial charge in [0.15, 0.2) is 5.13 Å². The molecule has 88 valence electrons. The van der Waals surface area contributed by atoms with E-state index >= 15 is 0 Å². The van der Waals surface area contributed by atoms with E-state index in [9.17, 15) is 4.79 Å². The molecule has 1 saturated carbocycles. The van der Waals surface area contributed by atoms with Crippen LogP contribution in [-0.4, -0.2) is 22.6 Å². The van der Waals surface area contributed by atoms with Gasteiger partial charge in [-0.05, 0) is 18.3 Å². The Morgan fingerprint density at radius 1 is 1.75 bits per heavy atom. The number of anilines is 1. The second-order valence-electron chi connectivity index (χ2n) is 4.39. The maximum absolute atomic E-state index is 10.4. The van der Waals surface area contributed by atoms with Crippen molar-refractivity contribution in [2.24, 2.45) is 11.8 Å². The fourth-order valence-electron chi connectivity index (χ4n) is 1.64. The molecule has 1 aromatic rings. The van der Waals surface area contributed by atoms with Crippen molar-refractivity contribution in [1.82, 2.24) is 4.98 Å². The van der Waals surface area contributed by atoms with Crippen molar-refractivity contribution in [3.8, 4) is 0 Å². The third kappa shape index (κ3) is 3.20. The van der Waals surface area contributed by atoms with Crippen molar-refractivity contribution in [1.29, 1.82) is 0 Å². The summed E-state index contributed by atoms with van der Waals surface area (Å²) in [5.41, 5.74) is 0.874. The molecule has 0 aliphatic heterocycles. The molecule has 2 atom stereocenters. The number of aromatic nitrogens is 1. The number of hydrogen-bond acceptors (Lipinski definition) is 4. The maximum atomic E-state index is 10.4. The molecule has 4 nitrogen and oxygen atoms in total. The van der Waals surface area contributed by atoms with Crippen molar-refractivity contribution in [3.05, 3.63) is 11.1 Å². The maximum Gasteiger partial charge on any atom is 0.303 e. The van der Waals surface area contributed by atoms with E-state index in [1.165, 1.54) is 6.42 Å². The first kappa shape index (κ1) is 11.4. The van der Waals surface area contributed by atoms with Crippen LogP contribution in [0.5, 0.6) is 0 Å². The van der Waals surface area contributed by atoms with Gasteiger partial charge < -0.3 is 10.4 Å². The largest absolute Gasteiger partial charge is 0.481 e. The highest BCUT2D eigenvalue weighted by molar-refractivity contribution is 7.13. The second-order valence-corrected chi connectivity index (χ2v) is 5.25. The van der Waals surface area contributed by atoms with E-state index in [-0.39, 0.29) is 6.42 Å². The van der Waals surface area contributed by atoms with Crippen LogP contribution >= 0.6 is 11.3 Å². The third-order valence-electron chi connectivity index (χ3n) is 2.94. The van der Waals surface area contributed by atoms with E-state index in [0.29, 0.717) is 6.42 Å². The Labute approximate surface area is 98.7 Å². The fourth-order valence-corrected chi connectivity index (χ4v) is 2.39. The summed E-state index contributed by atoms with van der Waals surface area (Å²) in [6, 6.07) is 0. The molecule has 16 heavy (non-hydrogen) atoms. The molecule has 2 N–H and O–H groups in total. The number of aliphatic carboxylic acids is 1. The van der Waals surface area contributed by atoms with Crippen LogP contribution in [0.2, 0.25) is 0 Å². The van der Waals surface area contributed by atoms with E-state index < -0.39 is 5.97 Å². The van der Waals surface area contributed by atoms with Gasteiger partial charge in [-0.15, -0.1) is 11.3 Å². The Balaban J connectivity index is 1.75. The molecular formula is C11H16N2O2S. The molecule has 2 rings (SSSR count).